The second-order valence-corrected chi connectivity index (χ2v) is 17.4. The maximum Gasteiger partial charge on any atom is 0.264 e. The summed E-state index contributed by atoms with van der Waals surface area (Å²) in [5.74, 6) is -0.851. The van der Waals surface area contributed by atoms with Crippen LogP contribution in [0.15, 0.2) is 72.8 Å². The summed E-state index contributed by atoms with van der Waals surface area (Å²) in [4.78, 5) is 31.9. The lowest BCUT2D eigenvalue weighted by Crippen LogP contribution is -2.48. The van der Waals surface area contributed by atoms with Gasteiger partial charge in [0, 0.05) is 27.1 Å². The molecule has 3 aliphatic rings. The molecule has 3 aliphatic heterocycles. The number of hydrogen-bond acceptors (Lipinski definition) is 4. The first-order valence-corrected chi connectivity index (χ1v) is 18.6. The van der Waals surface area contributed by atoms with E-state index < -0.39 is 31.6 Å². The zero-order valence-electron chi connectivity index (χ0n) is 24.1. The smallest absolute Gasteiger partial charge is 0.264 e. The quantitative estimate of drug-likeness (QED) is 0.197. The number of rotatable bonds is 6. The molecular weight excluding hydrogens is 662 g/mol. The fourth-order valence-electron chi connectivity index (χ4n) is 7.51. The summed E-state index contributed by atoms with van der Waals surface area (Å²) >= 11 is 2.26. The van der Waals surface area contributed by atoms with Gasteiger partial charge in [-0.25, -0.2) is 0 Å². The molecule has 0 aliphatic carbocycles. The fourth-order valence-corrected chi connectivity index (χ4v) is 10.6. The Balaban J connectivity index is 1.34. The van der Waals surface area contributed by atoms with Gasteiger partial charge in [-0.1, -0.05) is 61.5 Å². The second-order valence-electron chi connectivity index (χ2n) is 12.3. The molecule has 42 heavy (non-hydrogen) atoms. The summed E-state index contributed by atoms with van der Waals surface area (Å²) < 4.78 is 24.1. The van der Waals surface area contributed by atoms with Crippen LogP contribution in [0.5, 0.6) is 0 Å². The van der Waals surface area contributed by atoms with Gasteiger partial charge in [-0.05, 0) is 77.0 Å². The molecule has 6 nitrogen and oxygen atoms in total. The fraction of sp³-hybridized carbons (Fsp3) is 0.394. The normalized spacial score (nSPS) is 27.0. The van der Waals surface area contributed by atoms with Crippen molar-refractivity contribution in [2.75, 3.05) is 11.5 Å². The van der Waals surface area contributed by atoms with Gasteiger partial charge < -0.3 is 23.8 Å². The molecule has 0 aromatic heterocycles. The van der Waals surface area contributed by atoms with Crippen molar-refractivity contribution in [2.24, 2.45) is 5.92 Å². The van der Waals surface area contributed by atoms with Crippen LogP contribution in [0.1, 0.15) is 35.6 Å². The van der Waals surface area contributed by atoms with Crippen molar-refractivity contribution < 1.29 is 23.5 Å². The molecule has 0 radical (unpaired) electrons. The number of nitrogens with zero attached hydrogens (tertiary/aromatic N) is 2. The number of anilines is 1. The van der Waals surface area contributed by atoms with Crippen molar-refractivity contribution >= 4 is 48.5 Å². The van der Waals surface area contributed by atoms with Crippen molar-refractivity contribution in [3.05, 3.63) is 98.6 Å². The third-order valence-electron chi connectivity index (χ3n) is 9.36. The number of fused-ring (bicyclic) bond motifs is 3. The van der Waals surface area contributed by atoms with Gasteiger partial charge >= 0.3 is 0 Å². The summed E-state index contributed by atoms with van der Waals surface area (Å²) in [6.45, 7) is 5.83. The van der Waals surface area contributed by atoms with Crippen LogP contribution in [-0.2, 0) is 39.4 Å². The van der Waals surface area contributed by atoms with Crippen LogP contribution in [0.4, 0.5) is 9.80 Å². The van der Waals surface area contributed by atoms with E-state index >= 15 is 4.11 Å². The highest BCUT2D eigenvalue weighted by molar-refractivity contribution is 14.1. The lowest BCUT2D eigenvalue weighted by molar-refractivity contribution is -0.151. The highest BCUT2D eigenvalue weighted by Crippen LogP contribution is 2.60. The predicted octanol–water partition coefficient (Wildman–Crippen LogP) is 5.95. The maximum absolute atomic E-state index is 16.2. The van der Waals surface area contributed by atoms with Gasteiger partial charge in [0.15, 0.2) is 5.60 Å². The molecule has 2 amide bonds. The molecule has 0 saturated carbocycles. The number of amides is 2. The Morgan fingerprint density at radius 2 is 1.81 bits per heavy atom. The average molecular weight is 699 g/mol. The molecule has 3 aromatic rings. The molecule has 6 rings (SSSR count). The number of halogens is 2. The van der Waals surface area contributed by atoms with E-state index in [9.17, 15) is 14.7 Å². The minimum atomic E-state index is -3.41. The van der Waals surface area contributed by atoms with Crippen LogP contribution in [0.25, 0.3) is 0 Å². The van der Waals surface area contributed by atoms with Gasteiger partial charge in [-0.3, -0.25) is 9.59 Å². The molecule has 9 heteroatoms. The Labute approximate surface area is 261 Å². The van der Waals surface area contributed by atoms with E-state index in [1.807, 2.05) is 73.7 Å². The minimum Gasteiger partial charge on any atom is -0.394 e. The van der Waals surface area contributed by atoms with Crippen molar-refractivity contribution in [2.45, 2.75) is 69.2 Å². The Kier molecular flexibility index (Phi) is 7.82. The van der Waals surface area contributed by atoms with Crippen molar-refractivity contribution in [3.63, 3.8) is 0 Å². The molecule has 1 N–H and O–H groups in total. The number of hydrogen-bond donors (Lipinski definition) is 1. The maximum atomic E-state index is 16.2. The Morgan fingerprint density at radius 3 is 2.52 bits per heavy atom. The third-order valence-corrected chi connectivity index (χ3v) is 12.5. The third kappa shape index (κ3) is 4.91. The summed E-state index contributed by atoms with van der Waals surface area (Å²) in [5.41, 5.74) is 2.75. The van der Waals surface area contributed by atoms with Crippen molar-refractivity contribution in [1.82, 2.24) is 4.90 Å². The van der Waals surface area contributed by atoms with Crippen LogP contribution >= 0.6 is 22.6 Å². The zero-order valence-corrected chi connectivity index (χ0v) is 27.3. The van der Waals surface area contributed by atoms with Crippen LogP contribution < -0.4 is 4.90 Å². The molecular formula is C33H36FIN2O4Si. The van der Waals surface area contributed by atoms with Crippen LogP contribution in [0.3, 0.4) is 0 Å². The largest absolute Gasteiger partial charge is 0.394 e. The summed E-state index contributed by atoms with van der Waals surface area (Å²) in [7, 11) is -3.41. The first kappa shape index (κ1) is 29.5. The van der Waals surface area contributed by atoms with Gasteiger partial charge in [0.2, 0.25) is 14.3 Å². The van der Waals surface area contributed by atoms with Gasteiger partial charge in [0.1, 0.15) is 0 Å². The number of aliphatic hydroxyl groups is 1. The summed E-state index contributed by atoms with van der Waals surface area (Å²) in [5, 5.41) is 10.2. The van der Waals surface area contributed by atoms with Crippen LogP contribution in [-0.4, -0.2) is 49.0 Å². The number of benzene rings is 3. The number of carbonyl (C=O) groups is 2. The summed E-state index contributed by atoms with van der Waals surface area (Å²) in [6, 6.07) is 23.3. The van der Waals surface area contributed by atoms with Gasteiger partial charge in [0.05, 0.1) is 37.4 Å². The van der Waals surface area contributed by atoms with Crippen molar-refractivity contribution in [3.8, 4) is 0 Å². The monoisotopic (exact) mass is 698 g/mol. The van der Waals surface area contributed by atoms with E-state index in [0.29, 0.717) is 19.5 Å². The number of para-hydroxylation sites is 1. The van der Waals surface area contributed by atoms with Crippen LogP contribution in [0.2, 0.25) is 18.6 Å². The lowest BCUT2D eigenvalue weighted by atomic mass is 9.82. The first-order valence-electron chi connectivity index (χ1n) is 14.5. The standard InChI is InChI=1S/C33H36FIN2O4Si/c1-21-31(42(2,3)34)29(17-30(39)36-19-24-11-5-4-10-23(24)16-26(36)20-38)41-33(21)27-13-6-7-14-28(27)37(32(33)40)18-22-9-8-12-25(35)15-22/h4-15,21,26,29,31,38H,16-20H2,1-3H3/t21-,26-,29+,31-,33+/m0/s1. The topological polar surface area (TPSA) is 70.1 Å². The molecule has 220 valence electrons. The zero-order chi connectivity index (χ0) is 29.8. The van der Waals surface area contributed by atoms with E-state index in [2.05, 4.69) is 28.7 Å². The molecule has 0 bridgehead atoms. The van der Waals surface area contributed by atoms with Gasteiger partial charge in [-0.2, -0.15) is 0 Å². The van der Waals surface area contributed by atoms with Gasteiger partial charge in [-0.15, -0.1) is 0 Å². The minimum absolute atomic E-state index is 0.0396. The van der Waals surface area contributed by atoms with E-state index in [1.165, 1.54) is 0 Å². The van der Waals surface area contributed by atoms with Gasteiger partial charge in [0.25, 0.3) is 5.91 Å². The molecule has 1 fully saturated rings. The molecule has 1 spiro atoms. The predicted molar refractivity (Wildman–Crippen MR) is 171 cm³/mol. The number of ether oxygens (including phenoxy) is 1. The highest BCUT2D eigenvalue weighted by atomic mass is 127. The Hall–Kier alpha value is -2.60. The Bertz CT molecular complexity index is 1530. The molecule has 3 heterocycles. The lowest BCUT2D eigenvalue weighted by Gasteiger charge is -2.37. The summed E-state index contributed by atoms with van der Waals surface area (Å²) in [6.07, 6.45) is -0.233. The van der Waals surface area contributed by atoms with E-state index in [1.54, 1.807) is 22.9 Å². The van der Waals surface area contributed by atoms with Crippen molar-refractivity contribution in [1.29, 1.82) is 0 Å². The SMILES string of the molecule is C[C@H]1[C@H]([Si](C)(C)F)[C@@H](CC(=O)N2Cc3ccccc3C[C@H]2CO)O[C@]12C(=O)N(Cc1cccc(I)c1)c1ccccc12. The molecule has 5 atom stereocenters. The second kappa shape index (κ2) is 11.2. The first-order chi connectivity index (χ1) is 20.0. The molecule has 3 aromatic carbocycles. The Morgan fingerprint density at radius 1 is 1.10 bits per heavy atom. The highest BCUT2D eigenvalue weighted by Gasteiger charge is 2.67. The average Bonchev–Trinajstić information content (AvgIpc) is 3.38. The van der Waals surface area contributed by atoms with E-state index in [0.717, 1.165) is 31.5 Å². The van der Waals surface area contributed by atoms with E-state index in [4.69, 9.17) is 4.74 Å². The number of carbonyl (C=O) groups excluding carboxylic acids is 2. The molecule has 0 unspecified atom stereocenters. The molecule has 1 saturated heterocycles. The van der Waals surface area contributed by atoms with Crippen LogP contribution in [0, 0.1) is 9.49 Å². The van der Waals surface area contributed by atoms with E-state index in [-0.39, 0.29) is 30.9 Å². The number of aliphatic hydroxyl groups excluding tert-OH is 1.